The van der Waals surface area contributed by atoms with E-state index in [9.17, 15) is 5.11 Å². The second kappa shape index (κ2) is 5.29. The van der Waals surface area contributed by atoms with Gasteiger partial charge in [0.2, 0.25) is 0 Å². The predicted molar refractivity (Wildman–Crippen MR) is 65.8 cm³/mol. The number of halogens is 1. The van der Waals surface area contributed by atoms with Gasteiger partial charge in [-0.1, -0.05) is 18.5 Å². The molecule has 17 heavy (non-hydrogen) atoms. The van der Waals surface area contributed by atoms with Crippen LogP contribution in [0.15, 0.2) is 30.7 Å². The zero-order valence-electron chi connectivity index (χ0n) is 9.55. The third kappa shape index (κ3) is 2.65. The maximum absolute atomic E-state index is 10.2. The maximum Gasteiger partial charge on any atom is 0.125 e. The van der Waals surface area contributed by atoms with E-state index >= 15 is 0 Å². The molecule has 0 radical (unpaired) electrons. The average Bonchev–Trinajstić information content (AvgIpc) is 2.78. The van der Waals surface area contributed by atoms with Crippen molar-refractivity contribution in [3.05, 3.63) is 47.0 Å². The van der Waals surface area contributed by atoms with Gasteiger partial charge in [-0.25, -0.2) is 0 Å². The van der Waals surface area contributed by atoms with Crippen LogP contribution in [0.25, 0.3) is 0 Å². The Labute approximate surface area is 105 Å². The highest BCUT2D eigenvalue weighted by molar-refractivity contribution is 6.31. The minimum Gasteiger partial charge on any atom is -0.382 e. The Morgan fingerprint density at radius 3 is 3.06 bits per heavy atom. The molecule has 1 N–H and O–H groups in total. The molecule has 2 aromatic heterocycles. The molecule has 0 aliphatic rings. The summed E-state index contributed by atoms with van der Waals surface area (Å²) in [6, 6.07) is 3.45. The van der Waals surface area contributed by atoms with Crippen LogP contribution in [0.5, 0.6) is 0 Å². The third-order valence-electron chi connectivity index (χ3n) is 2.47. The second-order valence-corrected chi connectivity index (χ2v) is 4.22. The minimum atomic E-state index is -0.825. The van der Waals surface area contributed by atoms with E-state index in [0.717, 1.165) is 13.0 Å². The van der Waals surface area contributed by atoms with E-state index in [1.54, 1.807) is 29.2 Å². The molecule has 5 heteroatoms. The molecule has 0 saturated carbocycles. The molecule has 1 atom stereocenters. The fourth-order valence-electron chi connectivity index (χ4n) is 1.63. The monoisotopic (exact) mass is 251 g/mol. The van der Waals surface area contributed by atoms with Gasteiger partial charge in [0.25, 0.3) is 0 Å². The summed E-state index contributed by atoms with van der Waals surface area (Å²) >= 11 is 5.99. The Morgan fingerprint density at radius 2 is 2.35 bits per heavy atom. The lowest BCUT2D eigenvalue weighted by Gasteiger charge is -2.08. The van der Waals surface area contributed by atoms with Crippen LogP contribution in [0.1, 0.15) is 30.7 Å². The van der Waals surface area contributed by atoms with Crippen LogP contribution in [0.2, 0.25) is 5.02 Å². The summed E-state index contributed by atoms with van der Waals surface area (Å²) in [7, 11) is 0. The van der Waals surface area contributed by atoms with Gasteiger partial charge in [-0.15, -0.1) is 0 Å². The van der Waals surface area contributed by atoms with E-state index in [1.807, 2.05) is 6.20 Å². The highest BCUT2D eigenvalue weighted by atomic mass is 35.5. The van der Waals surface area contributed by atoms with Crippen LogP contribution in [0.3, 0.4) is 0 Å². The summed E-state index contributed by atoms with van der Waals surface area (Å²) < 4.78 is 1.80. The fourth-order valence-corrected chi connectivity index (χ4v) is 1.85. The lowest BCUT2D eigenvalue weighted by molar-refractivity contribution is 0.215. The maximum atomic E-state index is 10.2. The van der Waals surface area contributed by atoms with Crippen LogP contribution in [-0.4, -0.2) is 19.9 Å². The van der Waals surface area contributed by atoms with Gasteiger partial charge in [-0.05, 0) is 18.6 Å². The van der Waals surface area contributed by atoms with Crippen molar-refractivity contribution < 1.29 is 5.11 Å². The first-order valence-electron chi connectivity index (χ1n) is 5.53. The molecule has 0 spiro atoms. The average molecular weight is 252 g/mol. The molecule has 90 valence electrons. The molecule has 4 nitrogen and oxygen atoms in total. The summed E-state index contributed by atoms with van der Waals surface area (Å²) in [4.78, 5) is 4.09. The van der Waals surface area contributed by atoms with Gasteiger partial charge >= 0.3 is 0 Å². The van der Waals surface area contributed by atoms with Crippen LogP contribution in [0, 0.1) is 0 Å². The SMILES string of the molecule is CCCn1cc(C(O)c2ncccc2Cl)cn1. The normalized spacial score (nSPS) is 12.6. The molecule has 0 aromatic carbocycles. The number of aromatic nitrogens is 3. The van der Waals surface area contributed by atoms with Gasteiger partial charge in [-0.3, -0.25) is 9.67 Å². The van der Waals surface area contributed by atoms with Crippen molar-refractivity contribution >= 4 is 11.6 Å². The number of aliphatic hydroxyl groups excluding tert-OH is 1. The lowest BCUT2D eigenvalue weighted by atomic mass is 10.1. The zero-order chi connectivity index (χ0) is 12.3. The molecule has 2 heterocycles. The Bertz CT molecular complexity index is 498. The van der Waals surface area contributed by atoms with Gasteiger partial charge in [0, 0.05) is 24.5 Å². The van der Waals surface area contributed by atoms with E-state index in [4.69, 9.17) is 11.6 Å². The molecule has 1 unspecified atom stereocenters. The van der Waals surface area contributed by atoms with Crippen molar-refractivity contribution in [2.24, 2.45) is 0 Å². The number of hydrogen-bond acceptors (Lipinski definition) is 3. The van der Waals surface area contributed by atoms with E-state index in [2.05, 4.69) is 17.0 Å². The van der Waals surface area contributed by atoms with Crippen LogP contribution < -0.4 is 0 Å². The topological polar surface area (TPSA) is 50.9 Å². The van der Waals surface area contributed by atoms with E-state index in [1.165, 1.54) is 0 Å². The van der Waals surface area contributed by atoms with Crippen molar-refractivity contribution in [1.29, 1.82) is 0 Å². The first-order chi connectivity index (χ1) is 8.22. The number of rotatable bonds is 4. The van der Waals surface area contributed by atoms with Crippen molar-refractivity contribution in [1.82, 2.24) is 14.8 Å². The number of nitrogens with zero attached hydrogens (tertiary/aromatic N) is 3. The van der Waals surface area contributed by atoms with Crippen LogP contribution >= 0.6 is 11.6 Å². The Balaban J connectivity index is 2.24. The summed E-state index contributed by atoms with van der Waals surface area (Å²) in [5.74, 6) is 0. The summed E-state index contributed by atoms with van der Waals surface area (Å²) in [5.41, 5.74) is 1.17. The quantitative estimate of drug-likeness (QED) is 0.908. The first kappa shape index (κ1) is 12.1. The molecule has 0 aliphatic carbocycles. The number of aliphatic hydroxyl groups is 1. The molecule has 0 saturated heterocycles. The predicted octanol–water partition coefficient (Wildman–Crippen LogP) is 2.42. The van der Waals surface area contributed by atoms with Crippen molar-refractivity contribution in [3.63, 3.8) is 0 Å². The Kier molecular flexibility index (Phi) is 3.76. The first-order valence-corrected chi connectivity index (χ1v) is 5.91. The zero-order valence-corrected chi connectivity index (χ0v) is 10.3. The lowest BCUT2D eigenvalue weighted by Crippen LogP contribution is -2.02. The second-order valence-electron chi connectivity index (χ2n) is 3.81. The largest absolute Gasteiger partial charge is 0.382 e. The molecule has 2 rings (SSSR count). The molecule has 2 aromatic rings. The number of hydrogen-bond donors (Lipinski definition) is 1. The van der Waals surface area contributed by atoms with E-state index in [0.29, 0.717) is 16.3 Å². The van der Waals surface area contributed by atoms with Gasteiger partial charge in [0.15, 0.2) is 0 Å². The molecular weight excluding hydrogens is 238 g/mol. The highest BCUT2D eigenvalue weighted by Crippen LogP contribution is 2.25. The molecule has 0 fully saturated rings. The fraction of sp³-hybridized carbons (Fsp3) is 0.333. The smallest absolute Gasteiger partial charge is 0.125 e. The Morgan fingerprint density at radius 1 is 1.53 bits per heavy atom. The molecular formula is C12H14ClN3O. The van der Waals surface area contributed by atoms with Gasteiger partial charge in [0.05, 0.1) is 16.9 Å². The highest BCUT2D eigenvalue weighted by Gasteiger charge is 2.16. The van der Waals surface area contributed by atoms with Gasteiger partial charge < -0.3 is 5.11 Å². The number of aryl methyl sites for hydroxylation is 1. The van der Waals surface area contributed by atoms with E-state index in [-0.39, 0.29) is 0 Å². The van der Waals surface area contributed by atoms with Crippen molar-refractivity contribution in [2.75, 3.05) is 0 Å². The number of pyridine rings is 1. The molecule has 0 bridgehead atoms. The Hall–Kier alpha value is -1.39. The summed E-state index contributed by atoms with van der Waals surface area (Å²) in [6.45, 7) is 2.91. The summed E-state index contributed by atoms with van der Waals surface area (Å²) in [5, 5.41) is 14.8. The van der Waals surface area contributed by atoms with Crippen LogP contribution in [-0.2, 0) is 6.54 Å². The summed E-state index contributed by atoms with van der Waals surface area (Å²) in [6.07, 6.45) is 5.25. The molecule has 0 aliphatic heterocycles. The van der Waals surface area contributed by atoms with Crippen molar-refractivity contribution in [2.45, 2.75) is 26.0 Å². The van der Waals surface area contributed by atoms with Crippen molar-refractivity contribution in [3.8, 4) is 0 Å². The minimum absolute atomic E-state index is 0.461. The van der Waals surface area contributed by atoms with Crippen LogP contribution in [0.4, 0.5) is 0 Å². The molecule has 0 amide bonds. The standard InChI is InChI=1S/C12H14ClN3O/c1-2-6-16-8-9(7-15-16)12(17)11-10(13)4-3-5-14-11/h3-5,7-8,12,17H,2,6H2,1H3. The third-order valence-corrected chi connectivity index (χ3v) is 2.79. The van der Waals surface area contributed by atoms with Gasteiger partial charge in [0.1, 0.15) is 6.10 Å². The van der Waals surface area contributed by atoms with E-state index < -0.39 is 6.10 Å². The van der Waals surface area contributed by atoms with Gasteiger partial charge in [-0.2, -0.15) is 5.10 Å².